The number of anilines is 1. The highest BCUT2D eigenvalue weighted by Gasteiger charge is 2.40. The van der Waals surface area contributed by atoms with Crippen LogP contribution in [0.15, 0.2) is 35.7 Å². The van der Waals surface area contributed by atoms with Gasteiger partial charge in [0.15, 0.2) is 0 Å². The van der Waals surface area contributed by atoms with Gasteiger partial charge < -0.3 is 4.90 Å². The van der Waals surface area contributed by atoms with Crippen LogP contribution in [0.5, 0.6) is 0 Å². The van der Waals surface area contributed by atoms with Crippen LogP contribution in [-0.2, 0) is 15.8 Å². The second kappa shape index (κ2) is 11.5. The Hall–Kier alpha value is -2.10. The molecule has 1 saturated heterocycles. The molecule has 0 N–H and O–H groups in total. The van der Waals surface area contributed by atoms with E-state index in [0.717, 1.165) is 23.9 Å². The van der Waals surface area contributed by atoms with Crippen LogP contribution in [0.1, 0.15) is 49.2 Å². The Kier molecular flexibility index (Phi) is 9.11. The van der Waals surface area contributed by atoms with Crippen molar-refractivity contribution in [2.45, 2.75) is 46.3 Å². The number of halogens is 4. The summed E-state index contributed by atoms with van der Waals surface area (Å²) >= 11 is 7.21. The number of hydrogen-bond acceptors (Lipinski definition) is 4. The zero-order valence-corrected chi connectivity index (χ0v) is 22.6. The average molecular weight is 544 g/mol. The standard InChI is InChI=1S/C26H33ClF3N3O2S/c1-18-19(26(28,29)30)7-5-8-20(18)33(22(34)17-27)23(21-9-6-16-36-21)24(35)32-14-12-31(13-15-32)11-10-25(2,3)4/h5-9,16,23H,10-15,17H2,1-4H3. The van der Waals surface area contributed by atoms with Gasteiger partial charge in [0.1, 0.15) is 11.9 Å². The van der Waals surface area contributed by atoms with Gasteiger partial charge in [0, 0.05) is 36.7 Å². The third-order valence-corrected chi connectivity index (χ3v) is 7.57. The van der Waals surface area contributed by atoms with Crippen LogP contribution < -0.4 is 4.90 Å². The topological polar surface area (TPSA) is 43.9 Å². The summed E-state index contributed by atoms with van der Waals surface area (Å²) in [5.74, 6) is -1.41. The molecule has 3 rings (SSSR count). The van der Waals surface area contributed by atoms with Gasteiger partial charge in [0.05, 0.1) is 5.56 Å². The van der Waals surface area contributed by atoms with Crippen LogP contribution in [0, 0.1) is 12.3 Å². The van der Waals surface area contributed by atoms with E-state index >= 15 is 0 Å². The monoisotopic (exact) mass is 543 g/mol. The van der Waals surface area contributed by atoms with E-state index in [1.807, 2.05) is 0 Å². The van der Waals surface area contributed by atoms with Crippen molar-refractivity contribution in [3.63, 3.8) is 0 Å². The number of thiophene rings is 1. The molecule has 1 aliphatic heterocycles. The summed E-state index contributed by atoms with van der Waals surface area (Å²) in [6.07, 6.45) is -3.56. The molecule has 1 aliphatic rings. The Balaban J connectivity index is 1.94. The largest absolute Gasteiger partial charge is 0.416 e. The van der Waals surface area contributed by atoms with Gasteiger partial charge in [-0.3, -0.25) is 19.4 Å². The zero-order chi connectivity index (χ0) is 26.7. The number of amides is 2. The predicted molar refractivity (Wildman–Crippen MR) is 139 cm³/mol. The van der Waals surface area contributed by atoms with Gasteiger partial charge in [-0.05, 0) is 54.4 Å². The van der Waals surface area contributed by atoms with Crippen molar-refractivity contribution < 1.29 is 22.8 Å². The van der Waals surface area contributed by atoms with E-state index in [-0.39, 0.29) is 22.6 Å². The molecular weight excluding hydrogens is 511 g/mol. The number of hydrogen-bond donors (Lipinski definition) is 0. The SMILES string of the molecule is Cc1c(N(C(=O)CCl)C(C(=O)N2CCN(CCC(C)(C)C)CC2)c2cccs2)cccc1C(F)(F)F. The van der Waals surface area contributed by atoms with E-state index in [1.165, 1.54) is 30.4 Å². The van der Waals surface area contributed by atoms with Crippen molar-refractivity contribution in [2.75, 3.05) is 43.5 Å². The second-order valence-electron chi connectivity index (χ2n) is 10.2. The van der Waals surface area contributed by atoms with Crippen molar-refractivity contribution in [2.24, 2.45) is 5.41 Å². The fourth-order valence-corrected chi connectivity index (χ4v) is 5.27. The minimum atomic E-state index is -4.60. The molecule has 0 radical (unpaired) electrons. The summed E-state index contributed by atoms with van der Waals surface area (Å²) in [6.45, 7) is 11.2. The first-order chi connectivity index (χ1) is 16.8. The summed E-state index contributed by atoms with van der Waals surface area (Å²) < 4.78 is 41.0. The average Bonchev–Trinajstić information content (AvgIpc) is 3.34. The molecule has 0 spiro atoms. The molecule has 0 saturated carbocycles. The highest BCUT2D eigenvalue weighted by atomic mass is 35.5. The number of rotatable bonds is 7. The number of piperazine rings is 1. The molecule has 2 aromatic rings. The van der Waals surface area contributed by atoms with E-state index in [2.05, 4.69) is 25.7 Å². The van der Waals surface area contributed by atoms with Crippen molar-refractivity contribution in [1.82, 2.24) is 9.80 Å². The number of nitrogens with zero attached hydrogens (tertiary/aromatic N) is 3. The minimum absolute atomic E-state index is 0.0334. The smallest absolute Gasteiger partial charge is 0.338 e. The van der Waals surface area contributed by atoms with Gasteiger partial charge in [0.2, 0.25) is 5.91 Å². The molecule has 1 unspecified atom stereocenters. The summed E-state index contributed by atoms with van der Waals surface area (Å²) in [5, 5.41) is 1.78. The maximum absolute atomic E-state index is 13.9. The van der Waals surface area contributed by atoms with Gasteiger partial charge in [0.25, 0.3) is 5.91 Å². The van der Waals surface area contributed by atoms with Gasteiger partial charge in [-0.2, -0.15) is 13.2 Å². The van der Waals surface area contributed by atoms with Crippen molar-refractivity contribution >= 4 is 40.4 Å². The summed E-state index contributed by atoms with van der Waals surface area (Å²) in [5.41, 5.74) is -0.726. The first-order valence-corrected chi connectivity index (χ1v) is 13.3. The quantitative estimate of drug-likeness (QED) is 0.404. The maximum Gasteiger partial charge on any atom is 0.416 e. The highest BCUT2D eigenvalue weighted by molar-refractivity contribution is 7.10. The highest BCUT2D eigenvalue weighted by Crippen LogP contribution is 2.39. The van der Waals surface area contributed by atoms with Crippen LogP contribution in [0.4, 0.5) is 18.9 Å². The second-order valence-corrected chi connectivity index (χ2v) is 11.5. The summed E-state index contributed by atoms with van der Waals surface area (Å²) in [7, 11) is 0. The number of alkyl halides is 4. The molecular formula is C26H33ClF3N3O2S. The minimum Gasteiger partial charge on any atom is -0.338 e. The number of carbonyl (C=O) groups is 2. The van der Waals surface area contributed by atoms with E-state index in [0.29, 0.717) is 31.1 Å². The normalized spacial score (nSPS) is 16.2. The first-order valence-electron chi connectivity index (χ1n) is 11.9. The van der Waals surface area contributed by atoms with Crippen LogP contribution in [0.3, 0.4) is 0 Å². The van der Waals surface area contributed by atoms with E-state index < -0.39 is 29.6 Å². The van der Waals surface area contributed by atoms with Crippen LogP contribution in [0.25, 0.3) is 0 Å². The lowest BCUT2D eigenvalue weighted by Crippen LogP contribution is -2.53. The van der Waals surface area contributed by atoms with E-state index in [9.17, 15) is 22.8 Å². The number of carbonyl (C=O) groups excluding carboxylic acids is 2. The summed E-state index contributed by atoms with van der Waals surface area (Å²) in [6, 6.07) is 6.05. The molecule has 36 heavy (non-hydrogen) atoms. The lowest BCUT2D eigenvalue weighted by atomic mass is 9.92. The van der Waals surface area contributed by atoms with Gasteiger partial charge >= 0.3 is 6.18 Å². The molecule has 198 valence electrons. The molecule has 1 aromatic carbocycles. The Morgan fingerprint density at radius 1 is 1.08 bits per heavy atom. The lowest BCUT2D eigenvalue weighted by molar-refractivity contribution is -0.138. The number of benzene rings is 1. The third kappa shape index (κ3) is 6.81. The van der Waals surface area contributed by atoms with E-state index in [1.54, 1.807) is 22.4 Å². The van der Waals surface area contributed by atoms with Gasteiger partial charge in [-0.15, -0.1) is 22.9 Å². The molecule has 5 nitrogen and oxygen atoms in total. The third-order valence-electron chi connectivity index (χ3n) is 6.42. The molecule has 10 heteroatoms. The van der Waals surface area contributed by atoms with Crippen LogP contribution in [-0.4, -0.2) is 60.2 Å². The molecule has 1 atom stereocenters. The first kappa shape index (κ1) is 28.5. The van der Waals surface area contributed by atoms with Crippen molar-refractivity contribution in [1.29, 1.82) is 0 Å². The molecule has 1 aromatic heterocycles. The van der Waals surface area contributed by atoms with Crippen LogP contribution >= 0.6 is 22.9 Å². The Morgan fingerprint density at radius 3 is 2.28 bits per heavy atom. The lowest BCUT2D eigenvalue weighted by Gasteiger charge is -2.39. The Bertz CT molecular complexity index is 1050. The van der Waals surface area contributed by atoms with Gasteiger partial charge in [-0.25, -0.2) is 0 Å². The predicted octanol–water partition coefficient (Wildman–Crippen LogP) is 5.97. The molecule has 0 bridgehead atoms. The van der Waals surface area contributed by atoms with E-state index in [4.69, 9.17) is 11.6 Å². The van der Waals surface area contributed by atoms with Gasteiger partial charge in [-0.1, -0.05) is 32.9 Å². The molecule has 1 fully saturated rings. The van der Waals surface area contributed by atoms with Crippen molar-refractivity contribution in [3.8, 4) is 0 Å². The van der Waals surface area contributed by atoms with Crippen molar-refractivity contribution in [3.05, 3.63) is 51.7 Å². The zero-order valence-electron chi connectivity index (χ0n) is 21.1. The van der Waals surface area contributed by atoms with Crippen LogP contribution in [0.2, 0.25) is 0 Å². The fraction of sp³-hybridized carbons (Fsp3) is 0.538. The maximum atomic E-state index is 13.9. The Labute approximate surface area is 219 Å². The fourth-order valence-electron chi connectivity index (χ4n) is 4.34. The summed E-state index contributed by atoms with van der Waals surface area (Å²) in [4.78, 5) is 32.8. The molecule has 2 amide bonds. The molecule has 2 heterocycles. The Morgan fingerprint density at radius 2 is 1.75 bits per heavy atom. The molecule has 0 aliphatic carbocycles.